The fraction of sp³-hybridized carbons (Fsp3) is 0.462. The van der Waals surface area contributed by atoms with Crippen molar-refractivity contribution in [3.63, 3.8) is 0 Å². The molecule has 1 amide bonds. The van der Waals surface area contributed by atoms with Gasteiger partial charge in [0.05, 0.1) is 24.3 Å². The van der Waals surface area contributed by atoms with Gasteiger partial charge in [-0.2, -0.15) is 0 Å². The molecule has 0 spiro atoms. The summed E-state index contributed by atoms with van der Waals surface area (Å²) in [7, 11) is -2.16. The minimum absolute atomic E-state index is 0.0126. The van der Waals surface area contributed by atoms with Gasteiger partial charge in [-0.25, -0.2) is 17.9 Å². The molecular weight excluding hydrogens is 296 g/mol. The number of ether oxygens (including phenoxy) is 2. The quantitative estimate of drug-likeness (QED) is 0.833. The Balaban J connectivity index is 2.25. The first-order valence-electron chi connectivity index (χ1n) is 6.60. The van der Waals surface area contributed by atoms with Gasteiger partial charge in [-0.3, -0.25) is 5.32 Å². The zero-order valence-electron chi connectivity index (χ0n) is 11.9. The van der Waals surface area contributed by atoms with Crippen molar-refractivity contribution in [3.05, 3.63) is 18.2 Å². The van der Waals surface area contributed by atoms with Crippen LogP contribution in [0.5, 0.6) is 5.75 Å². The molecule has 1 aliphatic rings. The predicted molar refractivity (Wildman–Crippen MR) is 77.0 cm³/mol. The van der Waals surface area contributed by atoms with Crippen LogP contribution in [0.15, 0.2) is 23.1 Å². The molecule has 7 nitrogen and oxygen atoms in total. The summed E-state index contributed by atoms with van der Waals surface area (Å²) in [5.41, 5.74) is 0.245. The van der Waals surface area contributed by atoms with Crippen molar-refractivity contribution in [3.8, 4) is 5.75 Å². The molecule has 0 unspecified atom stereocenters. The van der Waals surface area contributed by atoms with Crippen LogP contribution in [0.25, 0.3) is 0 Å². The molecule has 1 aromatic carbocycles. The molecular formula is C13H18N2O5S. The van der Waals surface area contributed by atoms with Gasteiger partial charge in [0.1, 0.15) is 5.75 Å². The number of carbonyl (C=O) groups excluding carboxylic acids is 1. The van der Waals surface area contributed by atoms with Gasteiger partial charge in [-0.15, -0.1) is 0 Å². The maximum atomic E-state index is 12.2. The maximum absolute atomic E-state index is 12.2. The Labute approximate surface area is 123 Å². The van der Waals surface area contributed by atoms with Gasteiger partial charge in [0.25, 0.3) is 0 Å². The fourth-order valence-electron chi connectivity index (χ4n) is 1.72. The number of carbonyl (C=O) groups is 1. The van der Waals surface area contributed by atoms with Crippen molar-refractivity contribution in [1.29, 1.82) is 0 Å². The molecule has 0 bridgehead atoms. The predicted octanol–water partition coefficient (Wildman–Crippen LogP) is 1.70. The van der Waals surface area contributed by atoms with Gasteiger partial charge in [0, 0.05) is 6.04 Å². The molecule has 1 saturated carbocycles. The SMILES string of the molecule is CCOC(=O)Nc1cc(S(=O)(=O)NC2CC2)ccc1OC. The Hall–Kier alpha value is -1.80. The van der Waals surface area contributed by atoms with Gasteiger partial charge >= 0.3 is 6.09 Å². The van der Waals surface area contributed by atoms with E-state index in [1.165, 1.54) is 25.3 Å². The van der Waals surface area contributed by atoms with Crippen LogP contribution in [0.4, 0.5) is 10.5 Å². The third-order valence-corrected chi connectivity index (χ3v) is 4.41. The highest BCUT2D eigenvalue weighted by molar-refractivity contribution is 7.89. The Bertz CT molecular complexity index is 625. The summed E-state index contributed by atoms with van der Waals surface area (Å²) in [6.07, 6.45) is 1.03. The zero-order chi connectivity index (χ0) is 15.5. The van der Waals surface area contributed by atoms with Crippen LogP contribution in [0.2, 0.25) is 0 Å². The monoisotopic (exact) mass is 314 g/mol. The van der Waals surface area contributed by atoms with Crippen LogP contribution < -0.4 is 14.8 Å². The highest BCUT2D eigenvalue weighted by atomic mass is 32.2. The average molecular weight is 314 g/mol. The van der Waals surface area contributed by atoms with Gasteiger partial charge in [0.2, 0.25) is 10.0 Å². The molecule has 0 radical (unpaired) electrons. The number of sulfonamides is 1. The summed E-state index contributed by atoms with van der Waals surface area (Å²) < 4.78 is 36.8. The number of nitrogens with one attached hydrogen (secondary N) is 2. The zero-order valence-corrected chi connectivity index (χ0v) is 12.7. The maximum Gasteiger partial charge on any atom is 0.411 e. The Morgan fingerprint density at radius 3 is 2.67 bits per heavy atom. The van der Waals surface area contributed by atoms with E-state index in [2.05, 4.69) is 10.0 Å². The molecule has 0 saturated heterocycles. The number of hydrogen-bond acceptors (Lipinski definition) is 5. The second-order valence-electron chi connectivity index (χ2n) is 4.60. The summed E-state index contributed by atoms with van der Waals surface area (Å²) in [6, 6.07) is 4.28. The second-order valence-corrected chi connectivity index (χ2v) is 6.32. The van der Waals surface area contributed by atoms with Crippen molar-refractivity contribution < 1.29 is 22.7 Å². The molecule has 1 aromatic rings. The number of rotatable bonds is 6. The Morgan fingerprint density at radius 1 is 1.38 bits per heavy atom. The van der Waals surface area contributed by atoms with Crippen LogP contribution in [0.1, 0.15) is 19.8 Å². The lowest BCUT2D eigenvalue weighted by molar-refractivity contribution is 0.168. The first kappa shape index (κ1) is 15.6. The van der Waals surface area contributed by atoms with Crippen molar-refractivity contribution in [2.24, 2.45) is 0 Å². The molecule has 8 heteroatoms. The number of methoxy groups -OCH3 is 1. The topological polar surface area (TPSA) is 93.7 Å². The number of hydrogen-bond donors (Lipinski definition) is 2. The van der Waals surface area contributed by atoms with E-state index >= 15 is 0 Å². The summed E-state index contributed by atoms with van der Waals surface area (Å²) in [6.45, 7) is 1.90. The second kappa shape index (κ2) is 6.31. The van der Waals surface area contributed by atoms with Gasteiger partial charge in [-0.1, -0.05) is 0 Å². The van der Waals surface area contributed by atoms with E-state index in [1.54, 1.807) is 6.92 Å². The van der Waals surface area contributed by atoms with E-state index in [1.807, 2.05) is 0 Å². The summed E-state index contributed by atoms with van der Waals surface area (Å²) in [4.78, 5) is 11.5. The molecule has 1 aliphatic carbocycles. The van der Waals surface area contributed by atoms with Crippen molar-refractivity contribution in [2.75, 3.05) is 19.0 Å². The summed E-state index contributed by atoms with van der Waals surface area (Å²) >= 11 is 0. The third kappa shape index (κ3) is 4.08. The lowest BCUT2D eigenvalue weighted by Gasteiger charge is -2.12. The Morgan fingerprint density at radius 2 is 2.10 bits per heavy atom. The minimum atomic E-state index is -3.59. The summed E-state index contributed by atoms with van der Waals surface area (Å²) in [5, 5.41) is 2.47. The smallest absolute Gasteiger partial charge is 0.411 e. The third-order valence-electron chi connectivity index (χ3n) is 2.89. The van der Waals surface area contributed by atoms with Gasteiger partial charge in [-0.05, 0) is 38.0 Å². The lowest BCUT2D eigenvalue weighted by Crippen LogP contribution is -2.26. The molecule has 116 valence electrons. The molecule has 0 aromatic heterocycles. The first-order valence-corrected chi connectivity index (χ1v) is 8.08. The molecule has 2 N–H and O–H groups in total. The average Bonchev–Trinajstić information content (AvgIpc) is 3.22. The fourth-order valence-corrected chi connectivity index (χ4v) is 3.05. The van der Waals surface area contributed by atoms with E-state index in [9.17, 15) is 13.2 Å². The standard InChI is InChI=1S/C13H18N2O5S/c1-3-20-13(16)14-11-8-10(6-7-12(11)19-2)21(17,18)15-9-4-5-9/h6-9,15H,3-5H2,1-2H3,(H,14,16). The van der Waals surface area contributed by atoms with E-state index in [4.69, 9.17) is 9.47 Å². The molecule has 2 rings (SSSR count). The van der Waals surface area contributed by atoms with E-state index in [0.717, 1.165) is 12.8 Å². The van der Waals surface area contributed by atoms with Crippen LogP contribution in [-0.4, -0.2) is 34.3 Å². The van der Waals surface area contributed by atoms with Gasteiger partial charge in [0.15, 0.2) is 0 Å². The molecule has 21 heavy (non-hydrogen) atoms. The lowest BCUT2D eigenvalue weighted by atomic mass is 10.3. The number of amides is 1. The number of anilines is 1. The van der Waals surface area contributed by atoms with Crippen LogP contribution in [0, 0.1) is 0 Å². The van der Waals surface area contributed by atoms with E-state index in [0.29, 0.717) is 5.75 Å². The molecule has 0 heterocycles. The van der Waals surface area contributed by atoms with Crippen LogP contribution in [0.3, 0.4) is 0 Å². The van der Waals surface area contributed by atoms with Crippen LogP contribution >= 0.6 is 0 Å². The molecule has 0 aliphatic heterocycles. The molecule has 0 atom stereocenters. The highest BCUT2D eigenvalue weighted by Crippen LogP contribution is 2.29. The Kier molecular flexibility index (Phi) is 4.69. The molecule has 1 fully saturated rings. The van der Waals surface area contributed by atoms with Crippen molar-refractivity contribution in [1.82, 2.24) is 4.72 Å². The van der Waals surface area contributed by atoms with E-state index in [-0.39, 0.29) is 23.2 Å². The largest absolute Gasteiger partial charge is 0.495 e. The normalized spacial score (nSPS) is 14.6. The summed E-state index contributed by atoms with van der Waals surface area (Å²) in [5.74, 6) is 0.355. The first-order chi connectivity index (χ1) is 9.96. The highest BCUT2D eigenvalue weighted by Gasteiger charge is 2.28. The van der Waals surface area contributed by atoms with Crippen molar-refractivity contribution in [2.45, 2.75) is 30.7 Å². The van der Waals surface area contributed by atoms with Crippen molar-refractivity contribution >= 4 is 21.8 Å². The van der Waals surface area contributed by atoms with Crippen LogP contribution in [-0.2, 0) is 14.8 Å². The number of benzene rings is 1. The van der Waals surface area contributed by atoms with Gasteiger partial charge < -0.3 is 9.47 Å². The minimum Gasteiger partial charge on any atom is -0.495 e. The van der Waals surface area contributed by atoms with E-state index < -0.39 is 16.1 Å².